The van der Waals surface area contributed by atoms with E-state index in [2.05, 4.69) is 15.3 Å². The average molecular weight is 285 g/mol. The first-order chi connectivity index (χ1) is 9.31. The Bertz CT molecular complexity index is 638. The lowest BCUT2D eigenvalue weighted by Crippen LogP contribution is -2.11. The van der Waals surface area contributed by atoms with Gasteiger partial charge in [0.25, 0.3) is 0 Å². The molecule has 0 atom stereocenters. The van der Waals surface area contributed by atoms with E-state index in [1.54, 1.807) is 0 Å². The van der Waals surface area contributed by atoms with E-state index in [1.807, 2.05) is 0 Å². The molecule has 20 heavy (non-hydrogen) atoms. The largest absolute Gasteiger partial charge is 0.433 e. The normalized spacial score (nSPS) is 11.5. The van der Waals surface area contributed by atoms with Crippen molar-refractivity contribution in [2.24, 2.45) is 0 Å². The molecule has 0 aliphatic heterocycles. The highest BCUT2D eigenvalue weighted by Gasteiger charge is 2.33. The molecule has 0 aliphatic carbocycles. The highest BCUT2D eigenvalue weighted by Crippen LogP contribution is 2.31. The van der Waals surface area contributed by atoms with Crippen LogP contribution in [0, 0.1) is 12.7 Å². The van der Waals surface area contributed by atoms with Crippen LogP contribution in [0.1, 0.15) is 11.3 Å². The molecule has 0 saturated carbocycles. The Morgan fingerprint density at radius 3 is 2.35 bits per heavy atom. The van der Waals surface area contributed by atoms with Crippen molar-refractivity contribution in [3.05, 3.63) is 41.3 Å². The Hall–Kier alpha value is -2.18. The number of anilines is 1. The van der Waals surface area contributed by atoms with Crippen LogP contribution in [0.15, 0.2) is 24.3 Å². The lowest BCUT2D eigenvalue weighted by atomic mass is 10.1. The summed E-state index contributed by atoms with van der Waals surface area (Å²) in [6.45, 7) is 1.53. The molecular formula is C13H11F4N3. The number of hydrogen-bond acceptors (Lipinski definition) is 3. The maximum absolute atomic E-state index is 13.2. The number of rotatable bonds is 2. The van der Waals surface area contributed by atoms with E-state index in [0.29, 0.717) is 11.1 Å². The summed E-state index contributed by atoms with van der Waals surface area (Å²) in [4.78, 5) is 7.33. The number of aromatic nitrogens is 2. The van der Waals surface area contributed by atoms with Gasteiger partial charge in [-0.25, -0.2) is 14.4 Å². The minimum Gasteiger partial charge on any atom is -0.357 e. The predicted octanol–water partition coefficient (Wildman–Crippen LogP) is 3.65. The molecule has 106 valence electrons. The van der Waals surface area contributed by atoms with Crippen LogP contribution in [-0.4, -0.2) is 17.0 Å². The van der Waals surface area contributed by atoms with Crippen LogP contribution >= 0.6 is 0 Å². The molecule has 2 rings (SSSR count). The topological polar surface area (TPSA) is 37.8 Å². The number of hydrogen-bond donors (Lipinski definition) is 1. The van der Waals surface area contributed by atoms with Crippen molar-refractivity contribution in [3.8, 4) is 11.3 Å². The first-order valence-electron chi connectivity index (χ1n) is 5.72. The van der Waals surface area contributed by atoms with E-state index in [0.717, 1.165) is 6.07 Å². The van der Waals surface area contributed by atoms with Gasteiger partial charge in [0.15, 0.2) is 5.69 Å². The highest BCUT2D eigenvalue weighted by molar-refractivity contribution is 5.62. The van der Waals surface area contributed by atoms with Crippen molar-refractivity contribution < 1.29 is 17.6 Å². The van der Waals surface area contributed by atoms with Gasteiger partial charge in [-0.15, -0.1) is 0 Å². The number of benzene rings is 1. The fraction of sp³-hybridized carbons (Fsp3) is 0.231. The number of halogens is 4. The minimum atomic E-state index is -4.57. The number of nitrogens with one attached hydrogen (secondary N) is 1. The molecule has 1 N–H and O–H groups in total. The minimum absolute atomic E-state index is 0.0831. The van der Waals surface area contributed by atoms with Crippen LogP contribution in [0.5, 0.6) is 0 Å². The SMILES string of the molecule is CNc1nc(-c2ccc(F)c(C)c2)cc(C(F)(F)F)n1. The summed E-state index contributed by atoms with van der Waals surface area (Å²) in [6.07, 6.45) is -4.57. The number of alkyl halides is 3. The monoisotopic (exact) mass is 285 g/mol. The van der Waals surface area contributed by atoms with Crippen LogP contribution in [0.4, 0.5) is 23.5 Å². The fourth-order valence-electron chi connectivity index (χ4n) is 1.66. The van der Waals surface area contributed by atoms with Crippen LogP contribution in [0.2, 0.25) is 0 Å². The van der Waals surface area contributed by atoms with Crippen LogP contribution in [0.25, 0.3) is 11.3 Å². The van der Waals surface area contributed by atoms with Gasteiger partial charge in [-0.2, -0.15) is 13.2 Å². The smallest absolute Gasteiger partial charge is 0.357 e. The van der Waals surface area contributed by atoms with Gasteiger partial charge in [0.2, 0.25) is 5.95 Å². The summed E-state index contributed by atoms with van der Waals surface area (Å²) in [5, 5.41) is 2.48. The fourth-order valence-corrected chi connectivity index (χ4v) is 1.66. The number of aryl methyl sites for hydroxylation is 1. The van der Waals surface area contributed by atoms with Crippen molar-refractivity contribution >= 4 is 5.95 Å². The molecule has 0 bridgehead atoms. The Morgan fingerprint density at radius 2 is 1.80 bits per heavy atom. The van der Waals surface area contributed by atoms with Gasteiger partial charge in [-0.3, -0.25) is 0 Å². The Morgan fingerprint density at radius 1 is 1.10 bits per heavy atom. The predicted molar refractivity (Wildman–Crippen MR) is 66.7 cm³/mol. The molecule has 0 fully saturated rings. The van der Waals surface area contributed by atoms with E-state index in [4.69, 9.17) is 0 Å². The summed E-state index contributed by atoms with van der Waals surface area (Å²) < 4.78 is 51.5. The van der Waals surface area contributed by atoms with Gasteiger partial charge in [-0.05, 0) is 36.8 Å². The second-order valence-electron chi connectivity index (χ2n) is 4.17. The van der Waals surface area contributed by atoms with Gasteiger partial charge in [-0.1, -0.05) is 0 Å². The van der Waals surface area contributed by atoms with Crippen LogP contribution in [-0.2, 0) is 6.18 Å². The maximum atomic E-state index is 13.2. The lowest BCUT2D eigenvalue weighted by molar-refractivity contribution is -0.141. The molecule has 0 radical (unpaired) electrons. The third kappa shape index (κ3) is 2.87. The number of nitrogens with zero attached hydrogens (tertiary/aromatic N) is 2. The first kappa shape index (κ1) is 14.2. The molecule has 0 saturated heterocycles. The standard InChI is InChI=1S/C13H11F4N3/c1-7-5-8(3-4-9(7)14)10-6-11(13(15,16)17)20-12(18-2)19-10/h3-6H,1-2H3,(H,18,19,20). The average Bonchev–Trinajstić information content (AvgIpc) is 2.40. The zero-order chi connectivity index (χ0) is 14.9. The second-order valence-corrected chi connectivity index (χ2v) is 4.17. The summed E-state index contributed by atoms with van der Waals surface area (Å²) in [7, 11) is 1.43. The molecule has 3 nitrogen and oxygen atoms in total. The molecule has 0 amide bonds. The molecule has 0 unspecified atom stereocenters. The summed E-state index contributed by atoms with van der Waals surface area (Å²) >= 11 is 0. The molecule has 0 spiro atoms. The Labute approximate surface area is 112 Å². The molecular weight excluding hydrogens is 274 g/mol. The summed E-state index contributed by atoms with van der Waals surface area (Å²) in [5.41, 5.74) is -0.234. The van der Waals surface area contributed by atoms with E-state index in [9.17, 15) is 17.6 Å². The first-order valence-corrected chi connectivity index (χ1v) is 5.72. The van der Waals surface area contributed by atoms with Gasteiger partial charge in [0, 0.05) is 12.6 Å². The zero-order valence-electron chi connectivity index (χ0n) is 10.7. The molecule has 2 aromatic rings. The van der Waals surface area contributed by atoms with Gasteiger partial charge < -0.3 is 5.32 Å². The van der Waals surface area contributed by atoms with Crippen LogP contribution < -0.4 is 5.32 Å². The van der Waals surface area contributed by atoms with Gasteiger partial charge in [0.05, 0.1) is 5.69 Å². The van der Waals surface area contributed by atoms with E-state index in [1.165, 1.54) is 32.2 Å². The lowest BCUT2D eigenvalue weighted by Gasteiger charge is -2.10. The third-order valence-corrected chi connectivity index (χ3v) is 2.69. The van der Waals surface area contributed by atoms with Crippen molar-refractivity contribution in [1.29, 1.82) is 0 Å². The molecule has 1 heterocycles. The quantitative estimate of drug-likeness (QED) is 0.856. The maximum Gasteiger partial charge on any atom is 0.433 e. The van der Waals surface area contributed by atoms with Crippen molar-refractivity contribution in [3.63, 3.8) is 0 Å². The third-order valence-electron chi connectivity index (χ3n) is 2.69. The summed E-state index contributed by atoms with van der Waals surface area (Å²) in [6, 6.07) is 4.86. The van der Waals surface area contributed by atoms with Gasteiger partial charge >= 0.3 is 6.18 Å². The van der Waals surface area contributed by atoms with Crippen molar-refractivity contribution in [2.75, 3.05) is 12.4 Å². The van der Waals surface area contributed by atoms with Crippen molar-refractivity contribution in [1.82, 2.24) is 9.97 Å². The molecule has 0 aliphatic rings. The summed E-state index contributed by atoms with van der Waals surface area (Å²) in [5.74, 6) is -0.565. The van der Waals surface area contributed by atoms with E-state index >= 15 is 0 Å². The molecule has 1 aromatic heterocycles. The Kier molecular flexibility index (Phi) is 3.61. The van der Waals surface area contributed by atoms with Gasteiger partial charge in [0.1, 0.15) is 5.82 Å². The Balaban J connectivity index is 2.58. The van der Waals surface area contributed by atoms with Crippen molar-refractivity contribution in [2.45, 2.75) is 13.1 Å². The van der Waals surface area contributed by atoms with E-state index in [-0.39, 0.29) is 11.6 Å². The zero-order valence-corrected chi connectivity index (χ0v) is 10.7. The van der Waals surface area contributed by atoms with Crippen LogP contribution in [0.3, 0.4) is 0 Å². The molecule has 7 heteroatoms. The highest BCUT2D eigenvalue weighted by atomic mass is 19.4. The second kappa shape index (κ2) is 5.07. The molecule has 1 aromatic carbocycles. The van der Waals surface area contributed by atoms with E-state index < -0.39 is 17.7 Å².